The number of methoxy groups -OCH3 is 2. The number of amides is 1. The van der Waals surface area contributed by atoms with Gasteiger partial charge in [-0.15, -0.1) is 11.3 Å². The molecule has 0 saturated heterocycles. The first-order chi connectivity index (χ1) is 19.4. The Balaban J connectivity index is 1.36. The van der Waals surface area contributed by atoms with Crippen LogP contribution in [-0.4, -0.2) is 40.4 Å². The molecule has 0 aliphatic carbocycles. The highest BCUT2D eigenvalue weighted by molar-refractivity contribution is 7.99. The van der Waals surface area contributed by atoms with Crippen molar-refractivity contribution < 1.29 is 14.3 Å². The lowest BCUT2D eigenvalue weighted by Crippen LogP contribution is -2.23. The van der Waals surface area contributed by atoms with Crippen LogP contribution in [0, 0.1) is 0 Å². The van der Waals surface area contributed by atoms with E-state index < -0.39 is 0 Å². The molecule has 0 aliphatic heterocycles. The maximum Gasteiger partial charge on any atom is 0.266 e. The van der Waals surface area contributed by atoms with Crippen molar-refractivity contribution in [3.8, 4) is 28.4 Å². The average Bonchev–Trinajstić information content (AvgIpc) is 3.44. The highest BCUT2D eigenvalue weighted by Crippen LogP contribution is 2.33. The van der Waals surface area contributed by atoms with E-state index in [9.17, 15) is 9.59 Å². The molecule has 8 nitrogen and oxygen atoms in total. The standard InChI is InChI=1S/C30H28N4O4S2/c1-18(2)19-9-12-21(13-10-19)34-28(36)22-7-5-6-8-23(22)32-30(34)40-17-27(35)33-29-31-24(16-39-29)20-11-14-25(37-3)26(15-20)38-4/h5-16,18H,17H2,1-4H3,(H,31,33,35). The Bertz CT molecular complexity index is 1730. The largest absolute Gasteiger partial charge is 0.493 e. The van der Waals surface area contributed by atoms with E-state index in [1.165, 1.54) is 28.7 Å². The minimum atomic E-state index is -0.248. The van der Waals surface area contributed by atoms with Gasteiger partial charge < -0.3 is 14.8 Å². The molecular formula is C30H28N4O4S2. The van der Waals surface area contributed by atoms with Gasteiger partial charge in [0.15, 0.2) is 21.8 Å². The molecule has 5 rings (SSSR count). The number of thiazole rings is 1. The van der Waals surface area contributed by atoms with Gasteiger partial charge in [0.1, 0.15) is 0 Å². The van der Waals surface area contributed by atoms with Gasteiger partial charge in [0.2, 0.25) is 5.91 Å². The molecule has 2 aromatic heterocycles. The Kier molecular flexibility index (Phi) is 8.18. The molecule has 5 aromatic rings. The number of ether oxygens (including phenoxy) is 2. The van der Waals surface area contributed by atoms with Gasteiger partial charge >= 0.3 is 0 Å². The number of anilines is 1. The fourth-order valence-corrected chi connectivity index (χ4v) is 5.74. The second-order valence-electron chi connectivity index (χ2n) is 9.24. The highest BCUT2D eigenvalue weighted by atomic mass is 32.2. The molecule has 0 atom stereocenters. The van der Waals surface area contributed by atoms with Gasteiger partial charge in [0, 0.05) is 10.9 Å². The number of thioether (sulfide) groups is 1. The molecule has 0 unspecified atom stereocenters. The number of nitrogens with one attached hydrogen (secondary N) is 1. The Hall–Kier alpha value is -4.15. The van der Waals surface area contributed by atoms with Crippen molar-refractivity contribution in [2.24, 2.45) is 0 Å². The van der Waals surface area contributed by atoms with Gasteiger partial charge in [-0.2, -0.15) is 0 Å². The number of carbonyl (C=O) groups is 1. The van der Waals surface area contributed by atoms with E-state index in [1.54, 1.807) is 30.9 Å². The zero-order valence-electron chi connectivity index (χ0n) is 22.5. The maximum absolute atomic E-state index is 13.5. The van der Waals surface area contributed by atoms with Crippen molar-refractivity contribution in [2.45, 2.75) is 24.9 Å². The first-order valence-corrected chi connectivity index (χ1v) is 14.5. The number of benzene rings is 3. The molecule has 1 N–H and O–H groups in total. The molecule has 0 bridgehead atoms. The third-order valence-corrected chi connectivity index (χ3v) is 8.02. The van der Waals surface area contributed by atoms with Gasteiger partial charge in [-0.1, -0.05) is 49.9 Å². The smallest absolute Gasteiger partial charge is 0.266 e. The normalized spacial score (nSPS) is 11.1. The summed E-state index contributed by atoms with van der Waals surface area (Å²) in [6, 6.07) is 20.6. The van der Waals surface area contributed by atoms with Crippen LogP contribution in [0.15, 0.2) is 82.1 Å². The minimum Gasteiger partial charge on any atom is -0.493 e. The van der Waals surface area contributed by atoms with Crippen LogP contribution in [0.2, 0.25) is 0 Å². The van der Waals surface area contributed by atoms with Gasteiger partial charge in [0.25, 0.3) is 5.56 Å². The number of fused-ring (bicyclic) bond motifs is 1. The lowest BCUT2D eigenvalue weighted by molar-refractivity contribution is -0.113. The van der Waals surface area contributed by atoms with E-state index in [0.717, 1.165) is 5.56 Å². The molecule has 1 amide bonds. The van der Waals surface area contributed by atoms with Crippen LogP contribution in [0.1, 0.15) is 25.3 Å². The summed E-state index contributed by atoms with van der Waals surface area (Å²) in [5, 5.41) is 6.17. The molecule has 2 heterocycles. The Morgan fingerprint density at radius 2 is 1.75 bits per heavy atom. The SMILES string of the molecule is COc1ccc(-c2csc(NC(=O)CSc3nc4ccccc4c(=O)n3-c3ccc(C(C)C)cc3)n2)cc1OC. The van der Waals surface area contributed by atoms with E-state index in [0.29, 0.717) is 50.0 Å². The Labute approximate surface area is 240 Å². The number of hydrogen-bond acceptors (Lipinski definition) is 8. The minimum absolute atomic E-state index is 0.0557. The molecule has 3 aromatic carbocycles. The van der Waals surface area contributed by atoms with Crippen molar-refractivity contribution in [1.82, 2.24) is 14.5 Å². The monoisotopic (exact) mass is 572 g/mol. The predicted molar refractivity (Wildman–Crippen MR) is 161 cm³/mol. The van der Waals surface area contributed by atoms with Crippen LogP contribution >= 0.6 is 23.1 Å². The predicted octanol–water partition coefficient (Wildman–Crippen LogP) is 6.38. The zero-order chi connectivity index (χ0) is 28.2. The van der Waals surface area contributed by atoms with Crippen LogP contribution in [0.5, 0.6) is 11.5 Å². The summed E-state index contributed by atoms with van der Waals surface area (Å²) >= 11 is 2.54. The number of para-hydroxylation sites is 1. The summed E-state index contributed by atoms with van der Waals surface area (Å²) < 4.78 is 12.3. The summed E-state index contributed by atoms with van der Waals surface area (Å²) in [6.45, 7) is 4.25. The summed E-state index contributed by atoms with van der Waals surface area (Å²) in [5.74, 6) is 1.41. The van der Waals surface area contributed by atoms with Crippen molar-refractivity contribution in [3.05, 3.63) is 88.0 Å². The number of nitrogens with zero attached hydrogens (tertiary/aromatic N) is 3. The van der Waals surface area contributed by atoms with Crippen molar-refractivity contribution >= 4 is 45.0 Å². The van der Waals surface area contributed by atoms with E-state index in [1.807, 2.05) is 60.0 Å². The van der Waals surface area contributed by atoms with Crippen LogP contribution < -0.4 is 20.3 Å². The quantitative estimate of drug-likeness (QED) is 0.162. The van der Waals surface area contributed by atoms with Crippen LogP contribution in [0.25, 0.3) is 27.8 Å². The topological polar surface area (TPSA) is 95.3 Å². The number of aromatic nitrogens is 3. The van der Waals surface area contributed by atoms with E-state index in [4.69, 9.17) is 14.5 Å². The molecule has 0 radical (unpaired) electrons. The second kappa shape index (κ2) is 11.9. The van der Waals surface area contributed by atoms with Crippen molar-refractivity contribution in [3.63, 3.8) is 0 Å². The third-order valence-electron chi connectivity index (χ3n) is 6.33. The third kappa shape index (κ3) is 5.73. The molecule has 0 spiro atoms. The maximum atomic E-state index is 13.5. The molecular weight excluding hydrogens is 544 g/mol. The fourth-order valence-electron chi connectivity index (χ4n) is 4.19. The van der Waals surface area contributed by atoms with Crippen LogP contribution in [-0.2, 0) is 4.79 Å². The molecule has 0 fully saturated rings. The lowest BCUT2D eigenvalue weighted by Gasteiger charge is -2.14. The number of rotatable bonds is 9. The van der Waals surface area contributed by atoms with E-state index in [2.05, 4.69) is 24.1 Å². The molecule has 0 saturated carbocycles. The first kappa shape index (κ1) is 27.4. The van der Waals surface area contributed by atoms with Gasteiger partial charge in [-0.05, 0) is 53.9 Å². The summed E-state index contributed by atoms with van der Waals surface area (Å²) in [4.78, 5) is 35.7. The van der Waals surface area contributed by atoms with Crippen molar-refractivity contribution in [1.29, 1.82) is 0 Å². The highest BCUT2D eigenvalue weighted by Gasteiger charge is 2.16. The lowest BCUT2D eigenvalue weighted by atomic mass is 10.0. The molecule has 10 heteroatoms. The first-order valence-electron chi connectivity index (χ1n) is 12.6. The number of hydrogen-bond donors (Lipinski definition) is 1. The molecule has 204 valence electrons. The van der Waals surface area contributed by atoms with Gasteiger partial charge in [-0.25, -0.2) is 9.97 Å². The van der Waals surface area contributed by atoms with Crippen LogP contribution in [0.4, 0.5) is 5.13 Å². The van der Waals surface area contributed by atoms with Crippen LogP contribution in [0.3, 0.4) is 0 Å². The van der Waals surface area contributed by atoms with Gasteiger partial charge in [0.05, 0.1) is 42.3 Å². The molecule has 40 heavy (non-hydrogen) atoms. The average molecular weight is 573 g/mol. The second-order valence-corrected chi connectivity index (χ2v) is 11.0. The fraction of sp³-hybridized carbons (Fsp3) is 0.200. The summed E-state index contributed by atoms with van der Waals surface area (Å²) in [7, 11) is 3.16. The van der Waals surface area contributed by atoms with Gasteiger partial charge in [-0.3, -0.25) is 14.2 Å². The summed E-state index contributed by atoms with van der Waals surface area (Å²) in [6.07, 6.45) is 0. The number of carbonyl (C=O) groups excluding carboxylic acids is 1. The van der Waals surface area contributed by atoms with Crippen molar-refractivity contribution in [2.75, 3.05) is 25.3 Å². The zero-order valence-corrected chi connectivity index (χ0v) is 24.1. The molecule has 0 aliphatic rings. The van der Waals surface area contributed by atoms with E-state index in [-0.39, 0.29) is 17.2 Å². The Morgan fingerprint density at radius 3 is 2.48 bits per heavy atom. The Morgan fingerprint density at radius 1 is 1.00 bits per heavy atom. The van der Waals surface area contributed by atoms with E-state index >= 15 is 0 Å². The summed E-state index contributed by atoms with van der Waals surface area (Å²) in [5.41, 5.74) is 3.85.